The maximum Gasteiger partial charge on any atom is 0.349 e. The van der Waals surface area contributed by atoms with E-state index in [1.807, 2.05) is 0 Å². The van der Waals surface area contributed by atoms with Gasteiger partial charge in [-0.05, 0) is 43.0 Å². The van der Waals surface area contributed by atoms with E-state index in [-0.39, 0.29) is 15.8 Å². The van der Waals surface area contributed by atoms with Gasteiger partial charge in [-0.2, -0.15) is 4.31 Å². The third kappa shape index (κ3) is 3.30. The number of ether oxygens (including phenoxy) is 1. The number of hydrogen-bond donors (Lipinski definition) is 0. The van der Waals surface area contributed by atoms with E-state index in [9.17, 15) is 13.2 Å². The first-order valence-corrected chi connectivity index (χ1v) is 9.33. The molecule has 1 heterocycles. The first kappa shape index (κ1) is 16.5. The van der Waals surface area contributed by atoms with Crippen molar-refractivity contribution in [2.24, 2.45) is 5.92 Å². The molecule has 0 spiro atoms. The molecule has 1 aromatic heterocycles. The summed E-state index contributed by atoms with van der Waals surface area (Å²) in [6.07, 6.45) is 3.82. The van der Waals surface area contributed by atoms with Crippen molar-refractivity contribution in [1.29, 1.82) is 0 Å². The maximum atomic E-state index is 12.7. The van der Waals surface area contributed by atoms with Crippen molar-refractivity contribution in [1.82, 2.24) is 4.31 Å². The fraction of sp³-hybridized carbons (Fsp3) is 0.643. The summed E-state index contributed by atoms with van der Waals surface area (Å²) < 4.78 is 31.6. The average molecular weight is 331 g/mol. The van der Waals surface area contributed by atoms with Crippen molar-refractivity contribution in [3.8, 4) is 0 Å². The van der Waals surface area contributed by atoms with Crippen LogP contribution >= 0.6 is 11.3 Å². The molecule has 0 aliphatic heterocycles. The van der Waals surface area contributed by atoms with Crippen LogP contribution in [0.25, 0.3) is 0 Å². The van der Waals surface area contributed by atoms with Gasteiger partial charge in [0.05, 0.1) is 7.11 Å². The van der Waals surface area contributed by atoms with E-state index in [0.717, 1.165) is 37.0 Å². The standard InChI is InChI=1S/C14H21NO4S2/c1-10-4-6-11(7-5-10)15(2)21(17,18)12-8-9-20-13(12)14(16)19-3/h8-11H,4-7H2,1-3H3. The fourth-order valence-corrected chi connectivity index (χ4v) is 5.42. The first-order valence-electron chi connectivity index (χ1n) is 7.01. The molecule has 21 heavy (non-hydrogen) atoms. The van der Waals surface area contributed by atoms with Crippen molar-refractivity contribution in [3.63, 3.8) is 0 Å². The second kappa shape index (κ2) is 6.46. The van der Waals surface area contributed by atoms with E-state index in [2.05, 4.69) is 11.7 Å². The number of nitrogens with zero attached hydrogens (tertiary/aromatic N) is 1. The lowest BCUT2D eigenvalue weighted by Crippen LogP contribution is -2.39. The van der Waals surface area contributed by atoms with Gasteiger partial charge >= 0.3 is 5.97 Å². The molecule has 5 nitrogen and oxygen atoms in total. The summed E-state index contributed by atoms with van der Waals surface area (Å²) in [6, 6.07) is 1.49. The van der Waals surface area contributed by atoms with Crippen LogP contribution in [0.5, 0.6) is 0 Å². The van der Waals surface area contributed by atoms with Gasteiger partial charge in [0, 0.05) is 13.1 Å². The van der Waals surface area contributed by atoms with Crippen molar-refractivity contribution in [2.75, 3.05) is 14.2 Å². The Hall–Kier alpha value is -0.920. The summed E-state index contributed by atoms with van der Waals surface area (Å²) in [5.41, 5.74) is 0. The Balaban J connectivity index is 2.26. The summed E-state index contributed by atoms with van der Waals surface area (Å²) in [7, 11) is -0.795. The second-order valence-electron chi connectivity index (χ2n) is 5.54. The molecule has 0 aromatic carbocycles. The summed E-state index contributed by atoms with van der Waals surface area (Å²) in [5.74, 6) is 0.0540. The smallest absolute Gasteiger partial charge is 0.349 e. The van der Waals surface area contributed by atoms with Gasteiger partial charge < -0.3 is 4.74 Å². The highest BCUT2D eigenvalue weighted by Gasteiger charge is 2.33. The quantitative estimate of drug-likeness (QED) is 0.796. The highest BCUT2D eigenvalue weighted by atomic mass is 32.2. The molecule has 0 atom stereocenters. The molecule has 7 heteroatoms. The van der Waals surface area contributed by atoms with Crippen LogP contribution in [0.15, 0.2) is 16.3 Å². The number of rotatable bonds is 4. The lowest BCUT2D eigenvalue weighted by Gasteiger charge is -2.32. The van der Waals surface area contributed by atoms with E-state index < -0.39 is 16.0 Å². The summed E-state index contributed by atoms with van der Waals surface area (Å²) in [6.45, 7) is 2.19. The Kier molecular flexibility index (Phi) is 5.06. The zero-order chi connectivity index (χ0) is 15.6. The van der Waals surface area contributed by atoms with Crippen LogP contribution < -0.4 is 0 Å². The van der Waals surface area contributed by atoms with Crippen LogP contribution in [0, 0.1) is 5.92 Å². The van der Waals surface area contributed by atoms with Crippen LogP contribution in [-0.2, 0) is 14.8 Å². The third-order valence-electron chi connectivity index (χ3n) is 4.16. The van der Waals surface area contributed by atoms with Gasteiger partial charge in [0.1, 0.15) is 9.77 Å². The van der Waals surface area contributed by atoms with Gasteiger partial charge in [-0.3, -0.25) is 0 Å². The molecule has 0 saturated heterocycles. The lowest BCUT2D eigenvalue weighted by molar-refractivity contribution is 0.0602. The van der Waals surface area contributed by atoms with Gasteiger partial charge in [0.15, 0.2) is 0 Å². The Bertz CT molecular complexity index is 600. The van der Waals surface area contributed by atoms with Gasteiger partial charge in [-0.25, -0.2) is 13.2 Å². The van der Waals surface area contributed by atoms with Crippen molar-refractivity contribution >= 4 is 27.3 Å². The Morgan fingerprint density at radius 1 is 1.33 bits per heavy atom. The molecule has 0 N–H and O–H groups in total. The number of sulfonamides is 1. The largest absolute Gasteiger partial charge is 0.465 e. The Labute approximate surface area is 130 Å². The molecular formula is C14H21NO4S2. The van der Waals surface area contributed by atoms with Gasteiger partial charge in [-0.1, -0.05) is 6.92 Å². The predicted molar refractivity (Wildman–Crippen MR) is 82.0 cm³/mol. The van der Waals surface area contributed by atoms with Crippen LogP contribution in [0.2, 0.25) is 0 Å². The fourth-order valence-electron chi connectivity index (χ4n) is 2.70. The molecule has 1 aromatic rings. The van der Waals surface area contributed by atoms with Crippen LogP contribution in [0.1, 0.15) is 42.3 Å². The van der Waals surface area contributed by atoms with Crippen LogP contribution in [0.4, 0.5) is 0 Å². The monoisotopic (exact) mass is 331 g/mol. The third-order valence-corrected chi connectivity index (χ3v) is 7.13. The zero-order valence-electron chi connectivity index (χ0n) is 12.5. The van der Waals surface area contributed by atoms with E-state index in [0.29, 0.717) is 5.92 Å². The molecule has 0 bridgehead atoms. The second-order valence-corrected chi connectivity index (χ2v) is 8.42. The summed E-state index contributed by atoms with van der Waals surface area (Å²) in [5, 5.41) is 1.61. The van der Waals surface area contributed by atoms with Crippen molar-refractivity contribution in [3.05, 3.63) is 16.3 Å². The molecule has 2 rings (SSSR count). The summed E-state index contributed by atoms with van der Waals surface area (Å²) >= 11 is 1.09. The molecule has 1 aliphatic rings. The number of methoxy groups -OCH3 is 1. The number of thiophene rings is 1. The number of carbonyl (C=O) groups is 1. The minimum atomic E-state index is -3.66. The van der Waals surface area contributed by atoms with Crippen LogP contribution in [0.3, 0.4) is 0 Å². The molecular weight excluding hydrogens is 310 g/mol. The highest BCUT2D eigenvalue weighted by molar-refractivity contribution is 7.89. The summed E-state index contributed by atoms with van der Waals surface area (Å²) in [4.78, 5) is 11.9. The molecule has 0 amide bonds. The van der Waals surface area contributed by atoms with E-state index >= 15 is 0 Å². The van der Waals surface area contributed by atoms with Gasteiger partial charge in [-0.15, -0.1) is 11.3 Å². The average Bonchev–Trinajstić information content (AvgIpc) is 2.96. The van der Waals surface area contributed by atoms with Gasteiger partial charge in [0.2, 0.25) is 10.0 Å². The topological polar surface area (TPSA) is 63.7 Å². The van der Waals surface area contributed by atoms with Crippen LogP contribution in [-0.4, -0.2) is 38.9 Å². The predicted octanol–water partition coefficient (Wildman–Crippen LogP) is 2.73. The molecule has 1 fully saturated rings. The number of esters is 1. The molecule has 1 aliphatic carbocycles. The normalized spacial score (nSPS) is 23.2. The Morgan fingerprint density at radius 3 is 2.52 bits per heavy atom. The molecule has 0 unspecified atom stereocenters. The van der Waals surface area contributed by atoms with E-state index in [1.165, 1.54) is 17.5 Å². The first-order chi connectivity index (χ1) is 9.87. The Morgan fingerprint density at radius 2 is 1.95 bits per heavy atom. The SMILES string of the molecule is COC(=O)c1sccc1S(=O)(=O)N(C)C1CCC(C)CC1. The zero-order valence-corrected chi connectivity index (χ0v) is 14.2. The van der Waals surface area contributed by atoms with E-state index in [4.69, 9.17) is 0 Å². The lowest BCUT2D eigenvalue weighted by atomic mass is 9.87. The van der Waals surface area contributed by atoms with Gasteiger partial charge in [0.25, 0.3) is 0 Å². The van der Waals surface area contributed by atoms with E-state index in [1.54, 1.807) is 12.4 Å². The number of hydrogen-bond acceptors (Lipinski definition) is 5. The maximum absolute atomic E-state index is 12.7. The molecule has 1 saturated carbocycles. The molecule has 118 valence electrons. The molecule has 0 radical (unpaired) electrons. The van der Waals surface area contributed by atoms with Crippen molar-refractivity contribution < 1.29 is 17.9 Å². The number of carbonyl (C=O) groups excluding carboxylic acids is 1. The van der Waals surface area contributed by atoms with Crippen molar-refractivity contribution in [2.45, 2.75) is 43.5 Å². The minimum absolute atomic E-state index is 0.0107. The highest BCUT2D eigenvalue weighted by Crippen LogP contribution is 2.32. The minimum Gasteiger partial charge on any atom is -0.465 e.